The Morgan fingerprint density at radius 2 is 1.72 bits per heavy atom. The molecule has 8 nitrogen and oxygen atoms in total. The largest absolute Gasteiger partial charge is 0.336 e. The average Bonchev–Trinajstić information content (AvgIpc) is 2.90. The van der Waals surface area contributed by atoms with Crippen LogP contribution in [0.4, 0.5) is 16.2 Å². The number of amides is 4. The van der Waals surface area contributed by atoms with Gasteiger partial charge in [-0.05, 0) is 77.1 Å². The van der Waals surface area contributed by atoms with E-state index < -0.39 is 18.1 Å². The Bertz CT molecular complexity index is 1200. The Labute approximate surface area is 212 Å². The molecule has 36 heavy (non-hydrogen) atoms. The van der Waals surface area contributed by atoms with Gasteiger partial charge in [-0.3, -0.25) is 19.5 Å². The number of piperidine rings is 1. The number of carbonyl (C=O) groups is 3. The van der Waals surface area contributed by atoms with Gasteiger partial charge >= 0.3 is 6.03 Å². The molecule has 2 N–H and O–H groups in total. The van der Waals surface area contributed by atoms with Crippen LogP contribution in [0.5, 0.6) is 0 Å². The summed E-state index contributed by atoms with van der Waals surface area (Å²) < 4.78 is 0. The molecule has 0 aliphatic carbocycles. The van der Waals surface area contributed by atoms with Crippen LogP contribution in [0.1, 0.15) is 56.7 Å². The SMILES string of the molecule is CC1=NC(NC(=O)Nc2cccc(C)c2)C(=O)N(CC(=O)N2[C@H](C)CCC[C@@H]2C)c2c(C)cccc21. The van der Waals surface area contributed by atoms with Crippen LogP contribution in [0.15, 0.2) is 47.5 Å². The lowest BCUT2D eigenvalue weighted by Gasteiger charge is -2.40. The summed E-state index contributed by atoms with van der Waals surface area (Å²) in [6, 6.07) is 12.8. The van der Waals surface area contributed by atoms with Gasteiger partial charge < -0.3 is 15.5 Å². The predicted octanol–water partition coefficient (Wildman–Crippen LogP) is 4.40. The van der Waals surface area contributed by atoms with Crippen LogP contribution in [-0.4, -0.2) is 53.3 Å². The third-order valence-electron chi connectivity index (χ3n) is 7.04. The van der Waals surface area contributed by atoms with E-state index in [1.54, 1.807) is 6.07 Å². The zero-order chi connectivity index (χ0) is 26.0. The van der Waals surface area contributed by atoms with Crippen molar-refractivity contribution < 1.29 is 14.4 Å². The predicted molar refractivity (Wildman–Crippen MR) is 142 cm³/mol. The number of urea groups is 1. The van der Waals surface area contributed by atoms with Gasteiger partial charge in [-0.2, -0.15) is 0 Å². The third kappa shape index (κ3) is 5.27. The molecule has 0 spiro atoms. The molecule has 8 heteroatoms. The molecule has 2 aromatic carbocycles. The van der Waals surface area contributed by atoms with Gasteiger partial charge in [0.15, 0.2) is 0 Å². The first-order valence-corrected chi connectivity index (χ1v) is 12.6. The summed E-state index contributed by atoms with van der Waals surface area (Å²) in [5, 5.41) is 5.48. The second-order valence-corrected chi connectivity index (χ2v) is 9.91. The number of carbonyl (C=O) groups excluding carboxylic acids is 3. The Hall–Kier alpha value is -3.68. The molecule has 4 rings (SSSR count). The number of anilines is 2. The number of hydrogen-bond acceptors (Lipinski definition) is 4. The van der Waals surface area contributed by atoms with E-state index in [2.05, 4.69) is 29.5 Å². The lowest BCUT2D eigenvalue weighted by molar-refractivity contribution is -0.137. The van der Waals surface area contributed by atoms with E-state index >= 15 is 0 Å². The quantitative estimate of drug-likeness (QED) is 0.667. The van der Waals surface area contributed by atoms with E-state index in [1.165, 1.54) is 4.90 Å². The van der Waals surface area contributed by atoms with E-state index in [1.807, 2.05) is 62.1 Å². The molecule has 2 aromatic rings. The van der Waals surface area contributed by atoms with Crippen molar-refractivity contribution in [2.45, 2.75) is 72.1 Å². The van der Waals surface area contributed by atoms with Crippen molar-refractivity contribution in [3.63, 3.8) is 0 Å². The van der Waals surface area contributed by atoms with Crippen molar-refractivity contribution in [2.75, 3.05) is 16.8 Å². The average molecular weight is 490 g/mol. The van der Waals surface area contributed by atoms with Gasteiger partial charge in [-0.15, -0.1) is 0 Å². The number of nitrogens with one attached hydrogen (secondary N) is 2. The highest BCUT2D eigenvalue weighted by atomic mass is 16.2. The van der Waals surface area contributed by atoms with Gasteiger partial charge in [0.1, 0.15) is 6.54 Å². The molecule has 1 fully saturated rings. The van der Waals surface area contributed by atoms with Crippen molar-refractivity contribution in [1.82, 2.24) is 10.2 Å². The molecular weight excluding hydrogens is 454 g/mol. The Morgan fingerprint density at radius 3 is 2.42 bits per heavy atom. The van der Waals surface area contributed by atoms with Crippen molar-refractivity contribution in [3.05, 3.63) is 59.2 Å². The summed E-state index contributed by atoms with van der Waals surface area (Å²) in [6.45, 7) is 9.68. The van der Waals surface area contributed by atoms with E-state index in [0.717, 1.165) is 36.0 Å². The van der Waals surface area contributed by atoms with Gasteiger partial charge in [0.25, 0.3) is 5.91 Å². The summed E-state index contributed by atoms with van der Waals surface area (Å²) in [6.07, 6.45) is 1.83. The van der Waals surface area contributed by atoms with Crippen LogP contribution in [0.25, 0.3) is 0 Å². The molecule has 2 aliphatic heterocycles. The summed E-state index contributed by atoms with van der Waals surface area (Å²) in [4.78, 5) is 48.2. The number of likely N-dealkylation sites (tertiary alicyclic amines) is 1. The normalized spacial score (nSPS) is 21.9. The fourth-order valence-electron chi connectivity index (χ4n) is 5.28. The highest BCUT2D eigenvalue weighted by Crippen LogP contribution is 2.30. The summed E-state index contributed by atoms with van der Waals surface area (Å²) in [5.41, 5.74) is 4.56. The molecule has 2 heterocycles. The Balaban J connectivity index is 1.63. The van der Waals surface area contributed by atoms with Crippen molar-refractivity contribution >= 4 is 34.9 Å². The molecule has 2 aliphatic rings. The van der Waals surface area contributed by atoms with E-state index in [0.29, 0.717) is 17.1 Å². The van der Waals surface area contributed by atoms with Gasteiger partial charge in [0.2, 0.25) is 12.1 Å². The molecule has 0 saturated carbocycles. The molecule has 1 unspecified atom stereocenters. The zero-order valence-corrected chi connectivity index (χ0v) is 21.7. The fourth-order valence-corrected chi connectivity index (χ4v) is 5.28. The number of nitrogens with zero attached hydrogens (tertiary/aromatic N) is 3. The van der Waals surface area contributed by atoms with E-state index in [-0.39, 0.29) is 24.5 Å². The van der Waals surface area contributed by atoms with Crippen LogP contribution in [0.3, 0.4) is 0 Å². The van der Waals surface area contributed by atoms with Crippen molar-refractivity contribution in [3.8, 4) is 0 Å². The van der Waals surface area contributed by atoms with Crippen LogP contribution in [0.2, 0.25) is 0 Å². The van der Waals surface area contributed by atoms with Gasteiger partial charge in [-0.25, -0.2) is 4.79 Å². The van der Waals surface area contributed by atoms with Gasteiger partial charge in [0, 0.05) is 29.0 Å². The first kappa shape index (κ1) is 25.4. The molecule has 1 saturated heterocycles. The minimum atomic E-state index is -1.16. The standard InChI is InChI=1S/C28H35N5O3/c1-17-9-6-13-22(15-17)30-28(36)31-26-27(35)32(16-24(34)33-19(3)11-8-12-20(33)4)25-18(2)10-7-14-23(25)21(5)29-26/h6-7,9-10,13-15,19-20,26H,8,11-12,16H2,1-5H3,(H2,30,31,36)/t19-,20+,26?. The van der Waals surface area contributed by atoms with Gasteiger partial charge in [-0.1, -0.05) is 30.3 Å². The van der Waals surface area contributed by atoms with Crippen molar-refractivity contribution in [2.24, 2.45) is 4.99 Å². The number of fused-ring (bicyclic) bond motifs is 1. The number of rotatable bonds is 4. The maximum Gasteiger partial charge on any atom is 0.321 e. The van der Waals surface area contributed by atoms with Crippen LogP contribution in [0, 0.1) is 13.8 Å². The summed E-state index contributed by atoms with van der Waals surface area (Å²) in [7, 11) is 0. The third-order valence-corrected chi connectivity index (χ3v) is 7.04. The minimum Gasteiger partial charge on any atom is -0.336 e. The molecule has 0 radical (unpaired) electrons. The smallest absolute Gasteiger partial charge is 0.321 e. The lowest BCUT2D eigenvalue weighted by atomic mass is 9.97. The highest BCUT2D eigenvalue weighted by Gasteiger charge is 2.36. The number of benzene rings is 2. The highest BCUT2D eigenvalue weighted by molar-refractivity contribution is 6.14. The maximum atomic E-state index is 13.8. The van der Waals surface area contributed by atoms with Crippen molar-refractivity contribution in [1.29, 1.82) is 0 Å². The fraction of sp³-hybridized carbons (Fsp3) is 0.429. The Morgan fingerprint density at radius 1 is 1.03 bits per heavy atom. The number of hydrogen-bond donors (Lipinski definition) is 2. The Kier molecular flexibility index (Phi) is 7.43. The van der Waals surface area contributed by atoms with E-state index in [4.69, 9.17) is 0 Å². The monoisotopic (exact) mass is 489 g/mol. The first-order chi connectivity index (χ1) is 17.2. The zero-order valence-electron chi connectivity index (χ0n) is 21.7. The summed E-state index contributed by atoms with van der Waals surface area (Å²) >= 11 is 0. The molecule has 0 aromatic heterocycles. The number of para-hydroxylation sites is 1. The topological polar surface area (TPSA) is 94.1 Å². The number of benzodiazepines with no additional fused rings is 1. The van der Waals surface area contributed by atoms with Crippen LogP contribution >= 0.6 is 0 Å². The molecule has 4 amide bonds. The number of aryl methyl sites for hydroxylation is 2. The number of aliphatic imine (C=N–C) groups is 1. The molecular formula is C28H35N5O3. The van der Waals surface area contributed by atoms with Gasteiger partial charge in [0.05, 0.1) is 5.69 Å². The van der Waals surface area contributed by atoms with Crippen LogP contribution in [-0.2, 0) is 9.59 Å². The molecule has 190 valence electrons. The molecule has 3 atom stereocenters. The lowest BCUT2D eigenvalue weighted by Crippen LogP contribution is -2.55. The molecule has 0 bridgehead atoms. The minimum absolute atomic E-state index is 0.0974. The second kappa shape index (κ2) is 10.5. The van der Waals surface area contributed by atoms with Crippen LogP contribution < -0.4 is 15.5 Å². The first-order valence-electron chi connectivity index (χ1n) is 12.6. The maximum absolute atomic E-state index is 13.8. The second-order valence-electron chi connectivity index (χ2n) is 9.91. The van der Waals surface area contributed by atoms with E-state index in [9.17, 15) is 14.4 Å². The summed E-state index contributed by atoms with van der Waals surface area (Å²) in [5.74, 6) is -0.535.